The number of carbonyl (C=O) groups excluding carboxylic acids is 3. The van der Waals surface area contributed by atoms with E-state index in [4.69, 9.17) is 4.74 Å². The first-order chi connectivity index (χ1) is 21.4. The molecule has 1 saturated carbocycles. The van der Waals surface area contributed by atoms with Crippen LogP contribution >= 0.6 is 0 Å². The number of allylic oxidation sites excluding steroid dienone is 2. The summed E-state index contributed by atoms with van der Waals surface area (Å²) in [6, 6.07) is 18.7. The number of nitrogens with one attached hydrogen (secondary N) is 2. The van der Waals surface area contributed by atoms with Crippen molar-refractivity contribution in [2.45, 2.75) is 82.7 Å². The van der Waals surface area contributed by atoms with Gasteiger partial charge in [0, 0.05) is 6.42 Å². The maximum atomic E-state index is 13.5. The molecule has 2 amide bonds. The molecule has 7 heteroatoms. The molecule has 0 spiro atoms. The number of aliphatic hydroxyl groups excluding tert-OH is 1. The molecule has 1 fully saturated rings. The van der Waals surface area contributed by atoms with Crippen molar-refractivity contribution in [3.8, 4) is 0 Å². The summed E-state index contributed by atoms with van der Waals surface area (Å²) in [5.41, 5.74) is 2.06. The van der Waals surface area contributed by atoms with Crippen LogP contribution in [0.3, 0.4) is 0 Å². The lowest BCUT2D eigenvalue weighted by atomic mass is 9.84. The first-order valence-electron chi connectivity index (χ1n) is 16.1. The zero-order valence-corrected chi connectivity index (χ0v) is 26.0. The van der Waals surface area contributed by atoms with Crippen LogP contribution in [0.5, 0.6) is 0 Å². The Bertz CT molecular complexity index is 1160. The van der Waals surface area contributed by atoms with Gasteiger partial charge in [0.2, 0.25) is 11.8 Å². The van der Waals surface area contributed by atoms with Gasteiger partial charge in [-0.15, -0.1) is 13.2 Å². The molecule has 0 bridgehead atoms. The van der Waals surface area contributed by atoms with E-state index in [9.17, 15) is 19.5 Å². The summed E-state index contributed by atoms with van der Waals surface area (Å²) < 4.78 is 5.85. The average molecular weight is 603 g/mol. The molecule has 44 heavy (non-hydrogen) atoms. The summed E-state index contributed by atoms with van der Waals surface area (Å²) in [6.07, 6.45) is 11.7. The highest BCUT2D eigenvalue weighted by molar-refractivity contribution is 5.86. The van der Waals surface area contributed by atoms with E-state index in [-0.39, 0.29) is 49.4 Å². The van der Waals surface area contributed by atoms with Gasteiger partial charge in [-0.1, -0.05) is 105 Å². The summed E-state index contributed by atoms with van der Waals surface area (Å²) >= 11 is 0. The van der Waals surface area contributed by atoms with Crippen LogP contribution in [0.1, 0.15) is 68.9 Å². The van der Waals surface area contributed by atoms with Gasteiger partial charge in [-0.25, -0.2) is 0 Å². The zero-order chi connectivity index (χ0) is 31.6. The third-order valence-electron chi connectivity index (χ3n) is 8.39. The smallest absolute Gasteiger partial charge is 0.309 e. The number of esters is 1. The van der Waals surface area contributed by atoms with Crippen molar-refractivity contribution in [1.82, 2.24) is 10.6 Å². The average Bonchev–Trinajstić information content (AvgIpc) is 3.04. The molecule has 2 aromatic carbocycles. The maximum Gasteiger partial charge on any atom is 0.309 e. The Morgan fingerprint density at radius 3 is 2.00 bits per heavy atom. The standard InChI is InChI=1S/C37H50N2O5/c1-3-14-31(25-35(41)38-33(26-40)23-29-18-10-6-11-19-29)36(42)39-34(24-30-20-12-7-13-21-30)27-44-37(43)32(15-4-2)22-28-16-8-5-9-17-28/h3-6,8-11,16-19,30-34,40H,1-2,7,12-15,20-27H2,(H,38,41)(H,39,42)/t31-,32-,33-,34+/m1/s1. The molecule has 0 unspecified atom stereocenters. The van der Waals surface area contributed by atoms with Crippen molar-refractivity contribution in [1.29, 1.82) is 0 Å². The van der Waals surface area contributed by atoms with Gasteiger partial charge in [0.15, 0.2) is 0 Å². The fourth-order valence-electron chi connectivity index (χ4n) is 6.03. The molecule has 4 atom stereocenters. The zero-order valence-electron chi connectivity index (χ0n) is 26.0. The van der Waals surface area contributed by atoms with E-state index >= 15 is 0 Å². The van der Waals surface area contributed by atoms with E-state index in [2.05, 4.69) is 23.8 Å². The molecule has 0 saturated heterocycles. The minimum Gasteiger partial charge on any atom is -0.463 e. The van der Waals surface area contributed by atoms with E-state index in [1.165, 1.54) is 6.42 Å². The second kappa shape index (κ2) is 19.5. The lowest BCUT2D eigenvalue weighted by Crippen LogP contribution is -2.45. The number of amides is 2. The van der Waals surface area contributed by atoms with Crippen LogP contribution < -0.4 is 10.6 Å². The third-order valence-corrected chi connectivity index (χ3v) is 8.39. The molecule has 1 aliphatic carbocycles. The molecular formula is C37H50N2O5. The molecular weight excluding hydrogens is 552 g/mol. The molecule has 3 N–H and O–H groups in total. The highest BCUT2D eigenvalue weighted by Crippen LogP contribution is 2.28. The summed E-state index contributed by atoms with van der Waals surface area (Å²) in [4.78, 5) is 39.7. The van der Waals surface area contributed by atoms with E-state index in [1.54, 1.807) is 12.2 Å². The summed E-state index contributed by atoms with van der Waals surface area (Å²) in [5.74, 6) is -1.39. The second-order valence-electron chi connectivity index (χ2n) is 12.0. The second-order valence-corrected chi connectivity index (χ2v) is 12.0. The number of carbonyl (C=O) groups is 3. The molecule has 2 aromatic rings. The fraction of sp³-hybridized carbons (Fsp3) is 0.486. The van der Waals surface area contributed by atoms with Crippen LogP contribution in [-0.2, 0) is 32.0 Å². The predicted octanol–water partition coefficient (Wildman–Crippen LogP) is 5.72. The minimum atomic E-state index is -0.625. The van der Waals surface area contributed by atoms with Crippen LogP contribution in [0.4, 0.5) is 0 Å². The van der Waals surface area contributed by atoms with Crippen LogP contribution in [0.15, 0.2) is 86.0 Å². The normalized spacial score (nSPS) is 16.1. The molecule has 1 aliphatic rings. The molecule has 238 valence electrons. The highest BCUT2D eigenvalue weighted by atomic mass is 16.5. The monoisotopic (exact) mass is 602 g/mol. The van der Waals surface area contributed by atoms with E-state index < -0.39 is 12.0 Å². The van der Waals surface area contributed by atoms with Crippen molar-refractivity contribution in [3.05, 3.63) is 97.1 Å². The Labute approximate surface area is 263 Å². The third kappa shape index (κ3) is 12.5. The first kappa shape index (κ1) is 34.8. The molecule has 7 nitrogen and oxygen atoms in total. The Morgan fingerprint density at radius 2 is 1.41 bits per heavy atom. The Kier molecular flexibility index (Phi) is 15.4. The van der Waals surface area contributed by atoms with Crippen LogP contribution in [0.2, 0.25) is 0 Å². The number of rotatable bonds is 19. The van der Waals surface area contributed by atoms with Crippen molar-refractivity contribution >= 4 is 17.8 Å². The van der Waals surface area contributed by atoms with Gasteiger partial charge in [-0.3, -0.25) is 14.4 Å². The van der Waals surface area contributed by atoms with E-state index in [1.807, 2.05) is 60.7 Å². The topological polar surface area (TPSA) is 105 Å². The Hall–Kier alpha value is -3.71. The maximum absolute atomic E-state index is 13.5. The summed E-state index contributed by atoms with van der Waals surface area (Å²) in [7, 11) is 0. The van der Waals surface area contributed by atoms with Crippen molar-refractivity contribution in [3.63, 3.8) is 0 Å². The number of hydrogen-bond donors (Lipinski definition) is 3. The number of benzene rings is 2. The van der Waals surface area contributed by atoms with Gasteiger partial charge >= 0.3 is 5.97 Å². The van der Waals surface area contributed by atoms with Gasteiger partial charge in [0.1, 0.15) is 6.61 Å². The van der Waals surface area contributed by atoms with Gasteiger partial charge in [0.05, 0.1) is 30.5 Å². The quantitative estimate of drug-likeness (QED) is 0.141. The molecule has 0 aliphatic heterocycles. The molecule has 0 radical (unpaired) electrons. The molecule has 0 aromatic heterocycles. The van der Waals surface area contributed by atoms with Crippen molar-refractivity contribution < 1.29 is 24.2 Å². The van der Waals surface area contributed by atoms with Gasteiger partial charge in [-0.2, -0.15) is 0 Å². The SMILES string of the molecule is C=CC[C@H](CC(=O)N[C@@H](CO)Cc1ccccc1)C(=O)N[C@H](COC(=O)[C@H](CC=C)Cc1ccccc1)CC1CCCCC1. The van der Waals surface area contributed by atoms with Gasteiger partial charge in [0.25, 0.3) is 0 Å². The Morgan fingerprint density at radius 1 is 0.818 bits per heavy atom. The van der Waals surface area contributed by atoms with Crippen LogP contribution in [0, 0.1) is 17.8 Å². The van der Waals surface area contributed by atoms with E-state index in [0.29, 0.717) is 31.6 Å². The lowest BCUT2D eigenvalue weighted by molar-refractivity contribution is -0.150. The summed E-state index contributed by atoms with van der Waals surface area (Å²) in [5, 5.41) is 15.9. The number of hydrogen-bond acceptors (Lipinski definition) is 5. The van der Waals surface area contributed by atoms with Crippen LogP contribution in [-0.4, -0.2) is 48.2 Å². The number of aliphatic hydroxyl groups is 1. The summed E-state index contributed by atoms with van der Waals surface area (Å²) in [6.45, 7) is 7.50. The first-order valence-corrected chi connectivity index (χ1v) is 16.1. The van der Waals surface area contributed by atoms with Gasteiger partial charge < -0.3 is 20.5 Å². The minimum absolute atomic E-state index is 0.0302. The van der Waals surface area contributed by atoms with Gasteiger partial charge in [-0.05, 0) is 49.1 Å². The predicted molar refractivity (Wildman–Crippen MR) is 175 cm³/mol. The largest absolute Gasteiger partial charge is 0.463 e. The van der Waals surface area contributed by atoms with Crippen LogP contribution in [0.25, 0.3) is 0 Å². The Balaban J connectivity index is 1.62. The lowest BCUT2D eigenvalue weighted by Gasteiger charge is -2.28. The molecule has 0 heterocycles. The van der Waals surface area contributed by atoms with Crippen molar-refractivity contribution in [2.75, 3.05) is 13.2 Å². The van der Waals surface area contributed by atoms with Crippen molar-refractivity contribution in [2.24, 2.45) is 17.8 Å². The molecule has 3 rings (SSSR count). The van der Waals surface area contributed by atoms with E-state index in [0.717, 1.165) is 43.2 Å². The fourth-order valence-corrected chi connectivity index (χ4v) is 6.03. The highest BCUT2D eigenvalue weighted by Gasteiger charge is 2.28. The number of ether oxygens (including phenoxy) is 1.